The van der Waals surface area contributed by atoms with E-state index < -0.39 is 15.6 Å². The fourth-order valence-electron chi connectivity index (χ4n) is 1.91. The highest BCUT2D eigenvalue weighted by Gasteiger charge is 2.29. The first-order valence-electron chi connectivity index (χ1n) is 6.04. The minimum absolute atomic E-state index is 0.00252. The maximum Gasteiger partial charge on any atom is 0.211 e. The molecule has 1 rings (SSSR count). The van der Waals surface area contributed by atoms with Gasteiger partial charge in [-0.25, -0.2) is 12.7 Å². The topological polar surface area (TPSA) is 69.6 Å². The van der Waals surface area contributed by atoms with Gasteiger partial charge >= 0.3 is 0 Å². The van der Waals surface area contributed by atoms with Crippen LogP contribution in [-0.2, 0) is 10.0 Å². The second-order valence-corrected chi connectivity index (χ2v) is 7.46. The van der Waals surface area contributed by atoms with Crippen molar-refractivity contribution >= 4 is 10.0 Å². The minimum atomic E-state index is -3.05. The average molecular weight is 264 g/mol. The fourth-order valence-corrected chi connectivity index (χ4v) is 2.79. The van der Waals surface area contributed by atoms with Crippen molar-refractivity contribution in [2.75, 3.05) is 19.3 Å². The molecule has 0 bridgehead atoms. The van der Waals surface area contributed by atoms with Crippen molar-refractivity contribution in [3.8, 4) is 0 Å². The van der Waals surface area contributed by atoms with Crippen LogP contribution in [0, 0.1) is 0 Å². The predicted octanol–water partition coefficient (Wildman–Crippen LogP) is 0.159. The zero-order chi connectivity index (χ0) is 13.3. The Bertz CT molecular complexity index is 340. The number of nitrogens with one attached hydrogen (secondary N) is 1. The lowest BCUT2D eigenvalue weighted by Crippen LogP contribution is -2.52. The van der Waals surface area contributed by atoms with Gasteiger partial charge in [0.05, 0.1) is 11.9 Å². The highest BCUT2D eigenvalue weighted by atomic mass is 32.2. The molecule has 1 heterocycles. The van der Waals surface area contributed by atoms with Crippen molar-refractivity contribution in [3.63, 3.8) is 0 Å². The van der Waals surface area contributed by atoms with Crippen LogP contribution in [0.4, 0.5) is 0 Å². The van der Waals surface area contributed by atoms with E-state index in [9.17, 15) is 13.5 Å². The van der Waals surface area contributed by atoms with Gasteiger partial charge in [-0.2, -0.15) is 0 Å². The van der Waals surface area contributed by atoms with E-state index in [4.69, 9.17) is 0 Å². The predicted molar refractivity (Wildman–Crippen MR) is 68.3 cm³/mol. The summed E-state index contributed by atoms with van der Waals surface area (Å²) in [5, 5.41) is 13.2. The van der Waals surface area contributed by atoms with Crippen LogP contribution in [0.25, 0.3) is 0 Å². The molecule has 0 aromatic heterocycles. The fraction of sp³-hybridized carbons (Fsp3) is 1.00. The normalized spacial score (nSPS) is 22.6. The first-order chi connectivity index (χ1) is 7.60. The number of piperidine rings is 1. The highest BCUT2D eigenvalue weighted by molar-refractivity contribution is 7.88. The van der Waals surface area contributed by atoms with Crippen LogP contribution in [0.15, 0.2) is 0 Å². The number of nitrogens with zero attached hydrogens (tertiary/aromatic N) is 1. The van der Waals surface area contributed by atoms with Gasteiger partial charge in [0.15, 0.2) is 0 Å². The van der Waals surface area contributed by atoms with Gasteiger partial charge in [0.25, 0.3) is 0 Å². The van der Waals surface area contributed by atoms with Crippen LogP contribution < -0.4 is 5.32 Å². The Labute approximate surface area is 104 Å². The summed E-state index contributed by atoms with van der Waals surface area (Å²) in [5.41, 5.74) is -0.756. The second-order valence-electron chi connectivity index (χ2n) is 5.48. The molecule has 6 heteroatoms. The van der Waals surface area contributed by atoms with Crippen molar-refractivity contribution < 1.29 is 13.5 Å². The van der Waals surface area contributed by atoms with E-state index in [2.05, 4.69) is 5.32 Å². The summed E-state index contributed by atoms with van der Waals surface area (Å²) in [7, 11) is -3.05. The Morgan fingerprint density at radius 2 is 1.82 bits per heavy atom. The van der Waals surface area contributed by atoms with E-state index in [0.717, 1.165) is 12.8 Å². The summed E-state index contributed by atoms with van der Waals surface area (Å²) in [5.74, 6) is 0. The van der Waals surface area contributed by atoms with Crippen molar-refractivity contribution in [2.45, 2.75) is 51.3 Å². The summed E-state index contributed by atoms with van der Waals surface area (Å²) in [6, 6.07) is 0.284. The quantitative estimate of drug-likeness (QED) is 0.759. The molecule has 1 unspecified atom stereocenters. The van der Waals surface area contributed by atoms with Gasteiger partial charge in [-0.1, -0.05) is 0 Å². The van der Waals surface area contributed by atoms with Crippen LogP contribution >= 0.6 is 0 Å². The van der Waals surface area contributed by atoms with Crippen LogP contribution in [0.1, 0.15) is 33.6 Å². The molecule has 1 aliphatic heterocycles. The Morgan fingerprint density at radius 1 is 1.35 bits per heavy atom. The lowest BCUT2D eigenvalue weighted by Gasteiger charge is -2.35. The van der Waals surface area contributed by atoms with E-state index in [1.807, 2.05) is 6.92 Å². The highest BCUT2D eigenvalue weighted by Crippen LogP contribution is 2.16. The molecule has 0 saturated carbocycles. The summed E-state index contributed by atoms with van der Waals surface area (Å²) in [6.45, 7) is 6.62. The Kier molecular flexibility index (Phi) is 4.57. The maximum absolute atomic E-state index is 11.3. The minimum Gasteiger partial charge on any atom is -0.389 e. The lowest BCUT2D eigenvalue weighted by atomic mass is 9.97. The number of hydrogen-bond donors (Lipinski definition) is 2. The molecule has 5 nitrogen and oxygen atoms in total. The molecule has 1 aliphatic rings. The average Bonchev–Trinajstić information content (AvgIpc) is 2.15. The van der Waals surface area contributed by atoms with Gasteiger partial charge in [0, 0.05) is 25.2 Å². The number of aliphatic hydroxyl groups is 1. The van der Waals surface area contributed by atoms with Crippen molar-refractivity contribution in [1.82, 2.24) is 9.62 Å². The zero-order valence-electron chi connectivity index (χ0n) is 11.1. The van der Waals surface area contributed by atoms with Gasteiger partial charge in [-0.15, -0.1) is 0 Å². The van der Waals surface area contributed by atoms with Crippen LogP contribution in [0.3, 0.4) is 0 Å². The van der Waals surface area contributed by atoms with E-state index in [-0.39, 0.29) is 12.1 Å². The molecule has 102 valence electrons. The molecule has 17 heavy (non-hydrogen) atoms. The smallest absolute Gasteiger partial charge is 0.211 e. The molecule has 1 fully saturated rings. The van der Waals surface area contributed by atoms with Crippen LogP contribution in [0.2, 0.25) is 0 Å². The summed E-state index contributed by atoms with van der Waals surface area (Å²) >= 11 is 0. The number of hydrogen-bond acceptors (Lipinski definition) is 4. The maximum atomic E-state index is 11.3. The van der Waals surface area contributed by atoms with Gasteiger partial charge in [-0.05, 0) is 33.6 Å². The molecule has 1 saturated heterocycles. The molecular formula is C11H24N2O3S. The van der Waals surface area contributed by atoms with Gasteiger partial charge in [0.2, 0.25) is 10.0 Å². The van der Waals surface area contributed by atoms with Gasteiger partial charge in [0.1, 0.15) is 0 Å². The summed E-state index contributed by atoms with van der Waals surface area (Å²) in [6.07, 6.45) is 2.85. The molecule has 0 radical (unpaired) electrons. The first-order valence-corrected chi connectivity index (χ1v) is 7.89. The molecule has 0 aliphatic carbocycles. The number of rotatable bonds is 4. The van der Waals surface area contributed by atoms with Crippen LogP contribution in [-0.4, -0.2) is 54.9 Å². The third-order valence-corrected chi connectivity index (χ3v) is 4.77. The molecule has 0 aromatic carbocycles. The van der Waals surface area contributed by atoms with Crippen LogP contribution in [0.5, 0.6) is 0 Å². The third-order valence-electron chi connectivity index (χ3n) is 3.47. The SMILES string of the molecule is CC(NC1CCN(S(C)(=O)=O)CC1)C(C)(C)O. The van der Waals surface area contributed by atoms with Crippen molar-refractivity contribution in [1.29, 1.82) is 0 Å². The molecule has 1 atom stereocenters. The van der Waals surface area contributed by atoms with E-state index >= 15 is 0 Å². The molecule has 0 aromatic rings. The summed E-state index contributed by atoms with van der Waals surface area (Å²) < 4.78 is 24.2. The Balaban J connectivity index is 2.43. The van der Waals surface area contributed by atoms with E-state index in [0.29, 0.717) is 13.1 Å². The van der Waals surface area contributed by atoms with Crippen molar-refractivity contribution in [3.05, 3.63) is 0 Å². The lowest BCUT2D eigenvalue weighted by molar-refractivity contribution is 0.0370. The largest absolute Gasteiger partial charge is 0.389 e. The Morgan fingerprint density at radius 3 is 2.18 bits per heavy atom. The second kappa shape index (κ2) is 5.22. The van der Waals surface area contributed by atoms with Gasteiger partial charge in [-0.3, -0.25) is 0 Å². The zero-order valence-corrected chi connectivity index (χ0v) is 11.9. The molecule has 2 N–H and O–H groups in total. The van der Waals surface area contributed by atoms with Crippen molar-refractivity contribution in [2.24, 2.45) is 0 Å². The number of sulfonamides is 1. The standard InChI is InChI=1S/C11H24N2O3S/c1-9(11(2,3)14)12-10-5-7-13(8-6-10)17(4,15)16/h9-10,12,14H,5-8H2,1-4H3. The monoisotopic (exact) mass is 264 g/mol. The Hall–Kier alpha value is -0.170. The van der Waals surface area contributed by atoms with Gasteiger partial charge < -0.3 is 10.4 Å². The molecular weight excluding hydrogens is 240 g/mol. The molecule has 0 amide bonds. The third kappa shape index (κ3) is 4.54. The first kappa shape index (κ1) is 14.9. The van der Waals surface area contributed by atoms with E-state index in [1.54, 1.807) is 13.8 Å². The van der Waals surface area contributed by atoms with E-state index in [1.165, 1.54) is 10.6 Å². The summed E-state index contributed by atoms with van der Waals surface area (Å²) in [4.78, 5) is 0. The molecule has 0 spiro atoms.